The summed E-state index contributed by atoms with van der Waals surface area (Å²) in [4.78, 5) is 25.5. The third kappa shape index (κ3) is 8.03. The van der Waals surface area contributed by atoms with Crippen LogP contribution in [-0.4, -0.2) is 36.5 Å². The topological polar surface area (TPSA) is 46.6 Å². The van der Waals surface area contributed by atoms with Gasteiger partial charge in [0.15, 0.2) is 0 Å². The molecule has 0 spiro atoms. The minimum absolute atomic E-state index is 0.102. The molecule has 0 radical (unpaired) electrons. The molecule has 0 aliphatic heterocycles. The smallest absolute Gasteiger partial charge is 0.307 e. The van der Waals surface area contributed by atoms with Crippen LogP contribution in [0.3, 0.4) is 0 Å². The first-order chi connectivity index (χ1) is 11.1. The van der Waals surface area contributed by atoms with E-state index in [0.29, 0.717) is 26.1 Å². The van der Waals surface area contributed by atoms with Gasteiger partial charge in [0.2, 0.25) is 5.91 Å². The highest BCUT2D eigenvalue weighted by Crippen LogP contribution is 2.12. The SMILES string of the molecule is CCCN(CCC(=O)OCC)C(=O)CCCc1ccc(Cl)cc1. The first-order valence-corrected chi connectivity index (χ1v) is 8.62. The Hall–Kier alpha value is -1.55. The predicted molar refractivity (Wildman–Crippen MR) is 92.5 cm³/mol. The van der Waals surface area contributed by atoms with Gasteiger partial charge in [0.1, 0.15) is 0 Å². The first kappa shape index (κ1) is 19.5. The van der Waals surface area contributed by atoms with Gasteiger partial charge < -0.3 is 9.64 Å². The molecule has 1 rings (SSSR count). The highest BCUT2D eigenvalue weighted by Gasteiger charge is 2.14. The second kappa shape index (κ2) is 11.1. The Kier molecular flexibility index (Phi) is 9.37. The van der Waals surface area contributed by atoms with Gasteiger partial charge in [-0.15, -0.1) is 0 Å². The Morgan fingerprint density at radius 1 is 1.09 bits per heavy atom. The molecule has 0 atom stereocenters. The molecule has 0 bridgehead atoms. The molecule has 0 heterocycles. The number of esters is 1. The van der Waals surface area contributed by atoms with Gasteiger partial charge in [-0.2, -0.15) is 0 Å². The van der Waals surface area contributed by atoms with Crippen molar-refractivity contribution in [2.45, 2.75) is 46.0 Å². The van der Waals surface area contributed by atoms with E-state index in [9.17, 15) is 9.59 Å². The van der Waals surface area contributed by atoms with E-state index < -0.39 is 0 Å². The summed E-state index contributed by atoms with van der Waals surface area (Å²) in [6.45, 7) is 5.30. The number of aryl methyl sites for hydroxylation is 1. The minimum atomic E-state index is -0.248. The molecule has 1 amide bonds. The number of halogens is 1. The third-order valence-electron chi connectivity index (χ3n) is 3.51. The van der Waals surface area contributed by atoms with Crippen LogP contribution in [0.15, 0.2) is 24.3 Å². The van der Waals surface area contributed by atoms with Gasteiger partial charge in [0.05, 0.1) is 13.0 Å². The van der Waals surface area contributed by atoms with E-state index in [2.05, 4.69) is 0 Å². The largest absolute Gasteiger partial charge is 0.466 e. The summed E-state index contributed by atoms with van der Waals surface area (Å²) in [5.41, 5.74) is 1.18. The summed E-state index contributed by atoms with van der Waals surface area (Å²) < 4.78 is 4.91. The normalized spacial score (nSPS) is 10.4. The molecule has 0 N–H and O–H groups in total. The summed E-state index contributed by atoms with van der Waals surface area (Å²) >= 11 is 5.86. The summed E-state index contributed by atoms with van der Waals surface area (Å²) in [7, 11) is 0. The number of amides is 1. The van der Waals surface area contributed by atoms with Crippen LogP contribution in [0.2, 0.25) is 5.02 Å². The van der Waals surface area contributed by atoms with E-state index in [0.717, 1.165) is 24.3 Å². The van der Waals surface area contributed by atoms with Crippen LogP contribution >= 0.6 is 11.6 Å². The van der Waals surface area contributed by atoms with Crippen molar-refractivity contribution in [3.8, 4) is 0 Å². The van der Waals surface area contributed by atoms with Crippen molar-refractivity contribution in [1.29, 1.82) is 0 Å². The second-order valence-corrected chi connectivity index (χ2v) is 5.85. The lowest BCUT2D eigenvalue weighted by molar-refractivity contribution is -0.144. The van der Waals surface area contributed by atoms with Crippen LogP contribution in [0.25, 0.3) is 0 Å². The number of hydrogen-bond acceptors (Lipinski definition) is 3. The molecule has 4 nitrogen and oxygen atoms in total. The molecule has 1 aromatic carbocycles. The number of nitrogens with zero attached hydrogens (tertiary/aromatic N) is 1. The fourth-order valence-electron chi connectivity index (χ4n) is 2.34. The Labute approximate surface area is 143 Å². The number of carbonyl (C=O) groups excluding carboxylic acids is 2. The van der Waals surface area contributed by atoms with Crippen molar-refractivity contribution >= 4 is 23.5 Å². The average molecular weight is 340 g/mol. The summed E-state index contributed by atoms with van der Waals surface area (Å²) in [5, 5.41) is 0.720. The number of benzene rings is 1. The number of rotatable bonds is 10. The lowest BCUT2D eigenvalue weighted by atomic mass is 10.1. The standard InChI is InChI=1S/C18H26ClNO3/c1-3-13-20(14-12-18(22)23-4-2)17(21)7-5-6-15-8-10-16(19)11-9-15/h8-11H,3-7,12-14H2,1-2H3. The summed E-state index contributed by atoms with van der Waals surface area (Å²) in [6.07, 6.45) is 3.27. The van der Waals surface area contributed by atoms with Gasteiger partial charge in [-0.05, 0) is 43.9 Å². The van der Waals surface area contributed by atoms with Crippen molar-refractivity contribution in [1.82, 2.24) is 4.90 Å². The Morgan fingerprint density at radius 2 is 1.78 bits per heavy atom. The monoisotopic (exact) mass is 339 g/mol. The van der Waals surface area contributed by atoms with Gasteiger partial charge in [-0.1, -0.05) is 30.7 Å². The average Bonchev–Trinajstić information content (AvgIpc) is 2.53. The lowest BCUT2D eigenvalue weighted by Crippen LogP contribution is -2.33. The van der Waals surface area contributed by atoms with Crippen LogP contribution in [0, 0.1) is 0 Å². The van der Waals surface area contributed by atoms with Crippen LogP contribution in [0.4, 0.5) is 0 Å². The van der Waals surface area contributed by atoms with E-state index in [-0.39, 0.29) is 18.3 Å². The van der Waals surface area contributed by atoms with Crippen molar-refractivity contribution in [3.05, 3.63) is 34.9 Å². The molecule has 0 aliphatic carbocycles. The minimum Gasteiger partial charge on any atom is -0.466 e. The van der Waals surface area contributed by atoms with E-state index in [1.807, 2.05) is 31.2 Å². The molecule has 0 unspecified atom stereocenters. The maximum atomic E-state index is 12.3. The predicted octanol–water partition coefficient (Wildman–Crippen LogP) is 3.85. The Morgan fingerprint density at radius 3 is 2.39 bits per heavy atom. The molecule has 0 saturated heterocycles. The zero-order valence-electron chi connectivity index (χ0n) is 14.0. The number of carbonyl (C=O) groups is 2. The molecular formula is C18H26ClNO3. The van der Waals surface area contributed by atoms with Crippen molar-refractivity contribution in [2.24, 2.45) is 0 Å². The van der Waals surface area contributed by atoms with Gasteiger partial charge in [-0.25, -0.2) is 0 Å². The molecule has 0 saturated carbocycles. The molecule has 0 fully saturated rings. The van der Waals surface area contributed by atoms with Crippen molar-refractivity contribution in [3.63, 3.8) is 0 Å². The second-order valence-electron chi connectivity index (χ2n) is 5.42. The van der Waals surface area contributed by atoms with Crippen LogP contribution < -0.4 is 0 Å². The van der Waals surface area contributed by atoms with Gasteiger partial charge in [-0.3, -0.25) is 9.59 Å². The Balaban J connectivity index is 2.38. The zero-order chi connectivity index (χ0) is 17.1. The van der Waals surface area contributed by atoms with Crippen molar-refractivity contribution < 1.29 is 14.3 Å². The zero-order valence-corrected chi connectivity index (χ0v) is 14.8. The molecule has 1 aromatic rings. The van der Waals surface area contributed by atoms with E-state index >= 15 is 0 Å². The van der Waals surface area contributed by atoms with Gasteiger partial charge >= 0.3 is 5.97 Å². The fraction of sp³-hybridized carbons (Fsp3) is 0.556. The molecule has 5 heteroatoms. The maximum absolute atomic E-state index is 12.3. The van der Waals surface area contributed by atoms with Crippen LogP contribution in [0.5, 0.6) is 0 Å². The Bertz CT molecular complexity index is 488. The first-order valence-electron chi connectivity index (χ1n) is 8.24. The number of ether oxygens (including phenoxy) is 1. The van der Waals surface area contributed by atoms with Crippen LogP contribution in [-0.2, 0) is 20.7 Å². The van der Waals surface area contributed by atoms with E-state index in [1.165, 1.54) is 5.56 Å². The molecule has 23 heavy (non-hydrogen) atoms. The fourth-order valence-corrected chi connectivity index (χ4v) is 2.47. The molecular weight excluding hydrogens is 314 g/mol. The highest BCUT2D eigenvalue weighted by molar-refractivity contribution is 6.30. The van der Waals surface area contributed by atoms with Gasteiger partial charge in [0.25, 0.3) is 0 Å². The van der Waals surface area contributed by atoms with Gasteiger partial charge in [0, 0.05) is 24.5 Å². The summed E-state index contributed by atoms with van der Waals surface area (Å²) in [5.74, 6) is -0.146. The lowest BCUT2D eigenvalue weighted by Gasteiger charge is -2.21. The third-order valence-corrected chi connectivity index (χ3v) is 3.76. The highest BCUT2D eigenvalue weighted by atomic mass is 35.5. The van der Waals surface area contributed by atoms with E-state index in [4.69, 9.17) is 16.3 Å². The van der Waals surface area contributed by atoms with Crippen LogP contribution in [0.1, 0.15) is 45.1 Å². The molecule has 0 aliphatic rings. The molecule has 0 aromatic heterocycles. The number of hydrogen-bond donors (Lipinski definition) is 0. The van der Waals surface area contributed by atoms with Crippen molar-refractivity contribution in [2.75, 3.05) is 19.7 Å². The van der Waals surface area contributed by atoms with E-state index in [1.54, 1.807) is 11.8 Å². The molecule has 128 valence electrons. The quantitative estimate of drug-likeness (QED) is 0.608. The maximum Gasteiger partial charge on any atom is 0.307 e. The summed E-state index contributed by atoms with van der Waals surface area (Å²) in [6, 6.07) is 7.69.